The normalized spacial score (nSPS) is 21.5. The third-order valence-corrected chi connectivity index (χ3v) is 4.24. The van der Waals surface area contributed by atoms with Crippen molar-refractivity contribution in [3.63, 3.8) is 0 Å². The third-order valence-electron chi connectivity index (χ3n) is 4.24. The number of benzene rings is 1. The van der Waals surface area contributed by atoms with Gasteiger partial charge in [-0.2, -0.15) is 0 Å². The Morgan fingerprint density at radius 1 is 1.32 bits per heavy atom. The summed E-state index contributed by atoms with van der Waals surface area (Å²) >= 11 is 0. The van der Waals surface area contributed by atoms with E-state index in [0.717, 1.165) is 31.9 Å². The van der Waals surface area contributed by atoms with Crippen molar-refractivity contribution in [1.82, 2.24) is 10.2 Å². The molecule has 1 N–H and O–H groups in total. The van der Waals surface area contributed by atoms with E-state index in [9.17, 15) is 0 Å². The Bertz CT molecular complexity index is 427. The summed E-state index contributed by atoms with van der Waals surface area (Å²) in [5, 5.41) is 3.41. The van der Waals surface area contributed by atoms with Crippen molar-refractivity contribution in [2.24, 2.45) is 0 Å². The molecule has 2 heterocycles. The van der Waals surface area contributed by atoms with E-state index in [4.69, 9.17) is 4.74 Å². The zero-order valence-corrected chi connectivity index (χ0v) is 11.8. The molecule has 0 aliphatic carbocycles. The highest BCUT2D eigenvalue weighted by Gasteiger charge is 2.16. The van der Waals surface area contributed by atoms with E-state index in [1.54, 1.807) is 0 Å². The molecule has 1 aromatic rings. The maximum Gasteiger partial charge on any atom is 0.122 e. The van der Waals surface area contributed by atoms with Gasteiger partial charge in [0.25, 0.3) is 0 Å². The molecule has 1 fully saturated rings. The molecule has 0 saturated carbocycles. The summed E-state index contributed by atoms with van der Waals surface area (Å²) in [5.74, 6) is 1.70. The Kier molecular flexibility index (Phi) is 4.04. The summed E-state index contributed by atoms with van der Waals surface area (Å²) in [6.07, 6.45) is 2.33. The Morgan fingerprint density at radius 2 is 2.16 bits per heavy atom. The van der Waals surface area contributed by atoms with Crippen LogP contribution in [0.15, 0.2) is 18.2 Å². The fraction of sp³-hybridized carbons (Fsp3) is 0.625. The molecule has 0 amide bonds. The lowest BCUT2D eigenvalue weighted by Crippen LogP contribution is -2.44. The first-order chi connectivity index (χ1) is 9.33. The van der Waals surface area contributed by atoms with Gasteiger partial charge in [-0.3, -0.25) is 0 Å². The van der Waals surface area contributed by atoms with Gasteiger partial charge in [-0.05, 0) is 36.0 Å². The first-order valence-corrected chi connectivity index (χ1v) is 7.51. The minimum Gasteiger partial charge on any atom is -0.493 e. The second-order valence-electron chi connectivity index (χ2n) is 5.77. The molecule has 3 rings (SSSR count). The molecule has 2 aliphatic heterocycles. The molecule has 1 saturated heterocycles. The standard InChI is InChI=1S/C16H24N2O/c1-13(12-18-8-6-17-7-9-18)14-4-5-16-15(11-14)3-2-10-19-16/h4-5,11,13,17H,2-3,6-10,12H2,1H3. The van der Waals surface area contributed by atoms with Crippen molar-refractivity contribution in [1.29, 1.82) is 0 Å². The number of piperazine rings is 1. The predicted molar refractivity (Wildman–Crippen MR) is 78.0 cm³/mol. The SMILES string of the molecule is CC(CN1CCNCC1)c1ccc2c(c1)CCCO2. The molecular weight excluding hydrogens is 236 g/mol. The van der Waals surface area contributed by atoms with E-state index in [2.05, 4.69) is 35.3 Å². The van der Waals surface area contributed by atoms with Crippen molar-refractivity contribution in [3.8, 4) is 5.75 Å². The second-order valence-corrected chi connectivity index (χ2v) is 5.77. The quantitative estimate of drug-likeness (QED) is 0.900. The van der Waals surface area contributed by atoms with Crippen molar-refractivity contribution >= 4 is 0 Å². The van der Waals surface area contributed by atoms with Crippen molar-refractivity contribution in [2.45, 2.75) is 25.7 Å². The smallest absolute Gasteiger partial charge is 0.122 e. The van der Waals surface area contributed by atoms with Crippen LogP contribution in [0.3, 0.4) is 0 Å². The summed E-state index contributed by atoms with van der Waals surface area (Å²) in [5.41, 5.74) is 2.86. The highest BCUT2D eigenvalue weighted by Crippen LogP contribution is 2.28. The number of hydrogen-bond donors (Lipinski definition) is 1. The molecule has 0 radical (unpaired) electrons. The van der Waals surface area contributed by atoms with Gasteiger partial charge < -0.3 is 15.0 Å². The number of hydrogen-bond acceptors (Lipinski definition) is 3. The highest BCUT2D eigenvalue weighted by molar-refractivity contribution is 5.39. The number of aryl methyl sites for hydroxylation is 1. The summed E-state index contributed by atoms with van der Waals surface area (Å²) in [7, 11) is 0. The van der Waals surface area contributed by atoms with Gasteiger partial charge in [-0.15, -0.1) is 0 Å². The summed E-state index contributed by atoms with van der Waals surface area (Å²) in [4.78, 5) is 2.57. The fourth-order valence-electron chi connectivity index (χ4n) is 3.07. The van der Waals surface area contributed by atoms with Gasteiger partial charge in [-0.1, -0.05) is 19.1 Å². The van der Waals surface area contributed by atoms with Crippen LogP contribution in [0, 0.1) is 0 Å². The molecule has 104 valence electrons. The average molecular weight is 260 g/mol. The summed E-state index contributed by atoms with van der Waals surface area (Å²) in [6.45, 7) is 9.00. The van der Waals surface area contributed by atoms with E-state index in [1.165, 1.54) is 37.2 Å². The molecule has 1 unspecified atom stereocenters. The lowest BCUT2D eigenvalue weighted by molar-refractivity contribution is 0.230. The first-order valence-electron chi connectivity index (χ1n) is 7.51. The first kappa shape index (κ1) is 12.9. The van der Waals surface area contributed by atoms with Crippen molar-refractivity contribution in [3.05, 3.63) is 29.3 Å². The van der Waals surface area contributed by atoms with Crippen LogP contribution in [0.25, 0.3) is 0 Å². The van der Waals surface area contributed by atoms with E-state index in [-0.39, 0.29) is 0 Å². The summed E-state index contributed by atoms with van der Waals surface area (Å²) in [6, 6.07) is 6.77. The van der Waals surface area contributed by atoms with Gasteiger partial charge in [0.2, 0.25) is 0 Å². The second kappa shape index (κ2) is 5.93. The maximum absolute atomic E-state index is 5.69. The van der Waals surface area contributed by atoms with Gasteiger partial charge in [0.15, 0.2) is 0 Å². The molecule has 1 atom stereocenters. The molecule has 0 bridgehead atoms. The van der Waals surface area contributed by atoms with Crippen LogP contribution in [0.2, 0.25) is 0 Å². The van der Waals surface area contributed by atoms with Gasteiger partial charge in [-0.25, -0.2) is 0 Å². The van der Waals surface area contributed by atoms with Crippen molar-refractivity contribution in [2.75, 3.05) is 39.3 Å². The lowest BCUT2D eigenvalue weighted by Gasteiger charge is -2.30. The summed E-state index contributed by atoms with van der Waals surface area (Å²) < 4.78 is 5.69. The van der Waals surface area contributed by atoms with Crippen LogP contribution in [0.5, 0.6) is 5.75 Å². The number of nitrogens with one attached hydrogen (secondary N) is 1. The van der Waals surface area contributed by atoms with Crippen LogP contribution in [-0.4, -0.2) is 44.2 Å². The Labute approximate surface area is 115 Å². The van der Waals surface area contributed by atoms with Crippen LogP contribution in [0.1, 0.15) is 30.4 Å². The van der Waals surface area contributed by atoms with Crippen LogP contribution < -0.4 is 10.1 Å². The average Bonchev–Trinajstić information content (AvgIpc) is 2.48. The molecule has 3 nitrogen and oxygen atoms in total. The fourth-order valence-corrected chi connectivity index (χ4v) is 3.07. The molecule has 1 aromatic carbocycles. The zero-order chi connectivity index (χ0) is 13.1. The van der Waals surface area contributed by atoms with Gasteiger partial charge >= 0.3 is 0 Å². The van der Waals surface area contributed by atoms with Crippen LogP contribution in [-0.2, 0) is 6.42 Å². The Hall–Kier alpha value is -1.06. The molecule has 0 spiro atoms. The molecule has 2 aliphatic rings. The Morgan fingerprint density at radius 3 is 3.00 bits per heavy atom. The van der Waals surface area contributed by atoms with E-state index in [0.29, 0.717) is 5.92 Å². The Balaban J connectivity index is 1.67. The van der Waals surface area contributed by atoms with Gasteiger partial charge in [0.1, 0.15) is 5.75 Å². The topological polar surface area (TPSA) is 24.5 Å². The number of ether oxygens (including phenoxy) is 1. The van der Waals surface area contributed by atoms with Crippen LogP contribution in [0.4, 0.5) is 0 Å². The van der Waals surface area contributed by atoms with Crippen LogP contribution >= 0.6 is 0 Å². The molecular formula is C16H24N2O. The zero-order valence-electron chi connectivity index (χ0n) is 11.8. The van der Waals surface area contributed by atoms with Crippen molar-refractivity contribution < 1.29 is 4.74 Å². The largest absolute Gasteiger partial charge is 0.493 e. The number of fused-ring (bicyclic) bond motifs is 1. The molecule has 3 heteroatoms. The number of nitrogens with zero attached hydrogens (tertiary/aromatic N) is 1. The minimum atomic E-state index is 0.602. The van der Waals surface area contributed by atoms with E-state index in [1.807, 2.05) is 0 Å². The predicted octanol–water partition coefficient (Wildman–Crippen LogP) is 2.02. The highest BCUT2D eigenvalue weighted by atomic mass is 16.5. The minimum absolute atomic E-state index is 0.602. The number of rotatable bonds is 3. The molecule has 0 aromatic heterocycles. The third kappa shape index (κ3) is 3.10. The maximum atomic E-state index is 5.69. The van der Waals surface area contributed by atoms with E-state index < -0.39 is 0 Å². The van der Waals surface area contributed by atoms with Gasteiger partial charge in [0.05, 0.1) is 6.61 Å². The van der Waals surface area contributed by atoms with E-state index >= 15 is 0 Å². The lowest BCUT2D eigenvalue weighted by atomic mass is 9.95. The monoisotopic (exact) mass is 260 g/mol. The molecule has 19 heavy (non-hydrogen) atoms. The van der Waals surface area contributed by atoms with Gasteiger partial charge in [0, 0.05) is 32.7 Å².